The molecule has 0 radical (unpaired) electrons. The van der Waals surface area contributed by atoms with Gasteiger partial charge in [0, 0.05) is 8.95 Å². The maximum atomic E-state index is 3.70. The molecule has 0 fully saturated rings. The van der Waals surface area contributed by atoms with Crippen molar-refractivity contribution in [2.75, 3.05) is 0 Å². The first-order valence-corrected chi connectivity index (χ1v) is 7.12. The predicted molar refractivity (Wildman–Crippen MR) is 79.2 cm³/mol. The zero-order valence-corrected chi connectivity index (χ0v) is 14.1. The molecule has 0 nitrogen and oxygen atoms in total. The number of hydrogen-bond acceptors (Lipinski definition) is 0. The van der Waals surface area contributed by atoms with Crippen molar-refractivity contribution in [2.24, 2.45) is 0 Å². The molecular formula is C14H20Br2. The van der Waals surface area contributed by atoms with Gasteiger partial charge in [0.15, 0.2) is 0 Å². The molecule has 1 rings (SSSR count). The van der Waals surface area contributed by atoms with E-state index >= 15 is 0 Å². The van der Waals surface area contributed by atoms with Crippen molar-refractivity contribution >= 4 is 31.9 Å². The molecule has 0 aliphatic rings. The Morgan fingerprint density at radius 3 is 1.38 bits per heavy atom. The monoisotopic (exact) mass is 346 g/mol. The summed E-state index contributed by atoms with van der Waals surface area (Å²) in [4.78, 5) is 0. The average molecular weight is 348 g/mol. The van der Waals surface area contributed by atoms with Gasteiger partial charge in [0.25, 0.3) is 0 Å². The number of hydrogen-bond donors (Lipinski definition) is 0. The first kappa shape index (κ1) is 14.2. The summed E-state index contributed by atoms with van der Waals surface area (Å²) in [6.45, 7) is 13.4. The first-order valence-electron chi connectivity index (χ1n) is 5.53. The third-order valence-electron chi connectivity index (χ3n) is 2.66. The normalized spacial score (nSPS) is 13.0. The summed E-state index contributed by atoms with van der Waals surface area (Å²) in [7, 11) is 0. The molecule has 0 aliphatic heterocycles. The van der Waals surface area contributed by atoms with Gasteiger partial charge >= 0.3 is 0 Å². The molecule has 0 bridgehead atoms. The second kappa shape index (κ2) is 4.45. The highest BCUT2D eigenvalue weighted by Crippen LogP contribution is 2.39. The minimum absolute atomic E-state index is 0.147. The van der Waals surface area contributed by atoms with E-state index in [0.717, 1.165) is 0 Å². The van der Waals surface area contributed by atoms with Gasteiger partial charge in [-0.1, -0.05) is 73.4 Å². The molecule has 16 heavy (non-hydrogen) atoms. The fourth-order valence-electron chi connectivity index (χ4n) is 1.72. The molecule has 0 unspecified atom stereocenters. The van der Waals surface area contributed by atoms with Crippen LogP contribution in [0.1, 0.15) is 52.7 Å². The fraction of sp³-hybridized carbons (Fsp3) is 0.571. The molecule has 0 atom stereocenters. The third kappa shape index (κ3) is 3.10. The Bertz CT molecular complexity index is 369. The van der Waals surface area contributed by atoms with E-state index in [1.54, 1.807) is 0 Å². The van der Waals surface area contributed by atoms with Crippen molar-refractivity contribution in [3.8, 4) is 0 Å². The van der Waals surface area contributed by atoms with Crippen LogP contribution >= 0.6 is 31.9 Å². The first-order chi connectivity index (χ1) is 7.03. The van der Waals surface area contributed by atoms with Gasteiger partial charge in [0.05, 0.1) is 0 Å². The van der Waals surface area contributed by atoms with Crippen LogP contribution in [0.5, 0.6) is 0 Å². The van der Waals surface area contributed by atoms with Gasteiger partial charge in [-0.25, -0.2) is 0 Å². The maximum Gasteiger partial charge on any atom is 0.0226 e. The van der Waals surface area contributed by atoms with Gasteiger partial charge < -0.3 is 0 Å². The van der Waals surface area contributed by atoms with Crippen molar-refractivity contribution in [1.82, 2.24) is 0 Å². The highest BCUT2D eigenvalue weighted by Gasteiger charge is 2.23. The third-order valence-corrected chi connectivity index (χ3v) is 3.91. The summed E-state index contributed by atoms with van der Waals surface area (Å²) in [6.07, 6.45) is 0. The Labute approximate surface area is 116 Å². The number of benzene rings is 1. The predicted octanol–water partition coefficient (Wildman–Crippen LogP) is 5.81. The van der Waals surface area contributed by atoms with E-state index in [1.807, 2.05) is 0 Å². The van der Waals surface area contributed by atoms with Crippen LogP contribution in [-0.4, -0.2) is 0 Å². The SMILES string of the molecule is CC(C)(C)c1cc(Br)c(C(C)(C)C)c(Br)c1. The van der Waals surface area contributed by atoms with Gasteiger partial charge in [-0.2, -0.15) is 0 Å². The van der Waals surface area contributed by atoms with Gasteiger partial charge in [-0.3, -0.25) is 0 Å². The summed E-state index contributed by atoms with van der Waals surface area (Å²) >= 11 is 7.39. The molecule has 0 N–H and O–H groups in total. The Morgan fingerprint density at radius 1 is 0.750 bits per heavy atom. The minimum atomic E-state index is 0.147. The molecule has 1 aromatic rings. The summed E-state index contributed by atoms with van der Waals surface area (Å²) in [6, 6.07) is 4.48. The Balaban J connectivity index is 3.41. The van der Waals surface area contributed by atoms with E-state index in [9.17, 15) is 0 Å². The van der Waals surface area contributed by atoms with E-state index in [-0.39, 0.29) is 10.8 Å². The van der Waals surface area contributed by atoms with Crippen LogP contribution in [0, 0.1) is 0 Å². The minimum Gasteiger partial charge on any atom is -0.0561 e. The highest BCUT2D eigenvalue weighted by molar-refractivity contribution is 9.11. The van der Waals surface area contributed by atoms with Crippen molar-refractivity contribution in [1.29, 1.82) is 0 Å². The molecule has 0 aromatic heterocycles. The Kier molecular flexibility index (Phi) is 3.96. The van der Waals surface area contributed by atoms with Crippen LogP contribution < -0.4 is 0 Å². The second-order valence-electron chi connectivity index (χ2n) is 6.31. The fourth-order valence-corrected chi connectivity index (χ4v) is 4.10. The summed E-state index contributed by atoms with van der Waals surface area (Å²) < 4.78 is 2.39. The van der Waals surface area contributed by atoms with Crippen LogP contribution in [0.15, 0.2) is 21.1 Å². The quantitative estimate of drug-likeness (QED) is 0.555. The van der Waals surface area contributed by atoms with Crippen LogP contribution in [0.3, 0.4) is 0 Å². The van der Waals surface area contributed by atoms with Crippen LogP contribution in [0.4, 0.5) is 0 Å². The van der Waals surface area contributed by atoms with E-state index in [1.165, 1.54) is 20.1 Å². The zero-order chi connectivity index (χ0) is 12.7. The van der Waals surface area contributed by atoms with Crippen LogP contribution in [-0.2, 0) is 10.8 Å². The Hall–Kier alpha value is 0.180. The van der Waals surface area contributed by atoms with E-state index in [4.69, 9.17) is 0 Å². The van der Waals surface area contributed by atoms with Gasteiger partial charge in [0.2, 0.25) is 0 Å². The molecule has 0 amide bonds. The lowest BCUT2D eigenvalue weighted by atomic mass is 9.82. The maximum absolute atomic E-state index is 3.70. The second-order valence-corrected chi connectivity index (χ2v) is 8.02. The van der Waals surface area contributed by atoms with E-state index in [2.05, 4.69) is 85.5 Å². The molecule has 0 saturated heterocycles. The molecule has 0 heterocycles. The van der Waals surface area contributed by atoms with Crippen molar-refractivity contribution < 1.29 is 0 Å². The largest absolute Gasteiger partial charge is 0.0561 e. The number of rotatable bonds is 0. The standard InChI is InChI=1S/C14H20Br2/c1-13(2,3)9-7-10(15)12(11(16)8-9)14(4,5)6/h7-8H,1-6H3. The van der Waals surface area contributed by atoms with Gasteiger partial charge in [0.1, 0.15) is 0 Å². The zero-order valence-electron chi connectivity index (χ0n) is 10.9. The van der Waals surface area contributed by atoms with E-state index < -0.39 is 0 Å². The van der Waals surface area contributed by atoms with Crippen molar-refractivity contribution in [3.05, 3.63) is 32.2 Å². The molecule has 90 valence electrons. The molecule has 2 heteroatoms. The molecule has 0 saturated carbocycles. The molecule has 0 aliphatic carbocycles. The van der Waals surface area contributed by atoms with Crippen LogP contribution in [0.2, 0.25) is 0 Å². The Morgan fingerprint density at radius 2 is 1.12 bits per heavy atom. The van der Waals surface area contributed by atoms with Crippen molar-refractivity contribution in [2.45, 2.75) is 52.4 Å². The lowest BCUT2D eigenvalue weighted by molar-refractivity contribution is 0.571. The molecular weight excluding hydrogens is 328 g/mol. The molecule has 1 aromatic carbocycles. The van der Waals surface area contributed by atoms with E-state index in [0.29, 0.717) is 0 Å². The lowest BCUT2D eigenvalue weighted by Crippen LogP contribution is -2.16. The summed E-state index contributed by atoms with van der Waals surface area (Å²) in [5, 5.41) is 0. The smallest absolute Gasteiger partial charge is 0.0226 e. The lowest BCUT2D eigenvalue weighted by Gasteiger charge is -2.26. The summed E-state index contributed by atoms with van der Waals surface area (Å²) in [5.74, 6) is 0. The highest BCUT2D eigenvalue weighted by atomic mass is 79.9. The molecule has 0 spiro atoms. The van der Waals surface area contributed by atoms with Gasteiger partial charge in [-0.05, 0) is 34.1 Å². The average Bonchev–Trinajstić information content (AvgIpc) is 1.97. The van der Waals surface area contributed by atoms with Gasteiger partial charge in [-0.15, -0.1) is 0 Å². The number of halogens is 2. The van der Waals surface area contributed by atoms with Crippen LogP contribution in [0.25, 0.3) is 0 Å². The topological polar surface area (TPSA) is 0 Å². The summed E-state index contributed by atoms with van der Waals surface area (Å²) in [5.41, 5.74) is 3.01. The van der Waals surface area contributed by atoms with Crippen molar-refractivity contribution in [3.63, 3.8) is 0 Å².